The number of hydrogen-bond acceptors (Lipinski definition) is 3. The molecule has 0 amide bonds. The number of rotatable bonds is 1. The van der Waals surface area contributed by atoms with Gasteiger partial charge in [0.2, 0.25) is 0 Å². The molecule has 70 valence electrons. The first-order valence-electron chi connectivity index (χ1n) is 4.09. The summed E-state index contributed by atoms with van der Waals surface area (Å²) in [7, 11) is 0. The second-order valence-electron chi connectivity index (χ2n) is 2.80. The maximum absolute atomic E-state index is 5.95. The van der Waals surface area contributed by atoms with E-state index in [4.69, 9.17) is 17.3 Å². The van der Waals surface area contributed by atoms with E-state index in [1.165, 1.54) is 0 Å². The number of nitrogens with two attached hydrogens (primary N) is 1. The molecule has 2 N–H and O–H groups in total. The van der Waals surface area contributed by atoms with Gasteiger partial charge in [0, 0.05) is 29.8 Å². The standard InChI is InChI=1S/C10H8ClN3/c11-10-9(8(12)3-6-14-10)7-1-4-13-5-2-7/h1-6H,(H2,12,14). The van der Waals surface area contributed by atoms with Crippen molar-refractivity contribution in [3.05, 3.63) is 41.9 Å². The van der Waals surface area contributed by atoms with Crippen LogP contribution in [0.25, 0.3) is 11.1 Å². The third-order valence-electron chi connectivity index (χ3n) is 1.91. The number of nitrogen functional groups attached to an aromatic ring is 1. The minimum atomic E-state index is 0.413. The molecule has 0 radical (unpaired) electrons. The highest BCUT2D eigenvalue weighted by molar-refractivity contribution is 6.32. The zero-order valence-electron chi connectivity index (χ0n) is 7.31. The molecule has 0 unspecified atom stereocenters. The van der Waals surface area contributed by atoms with Gasteiger partial charge < -0.3 is 5.73 Å². The van der Waals surface area contributed by atoms with Crippen LogP contribution in [0.1, 0.15) is 0 Å². The van der Waals surface area contributed by atoms with Crippen LogP contribution < -0.4 is 5.73 Å². The second kappa shape index (κ2) is 3.64. The third-order valence-corrected chi connectivity index (χ3v) is 2.19. The number of anilines is 1. The highest BCUT2D eigenvalue weighted by Gasteiger charge is 2.07. The number of pyridine rings is 2. The van der Waals surface area contributed by atoms with Crippen LogP contribution in [0.15, 0.2) is 36.8 Å². The smallest absolute Gasteiger partial charge is 0.138 e. The van der Waals surface area contributed by atoms with Crippen LogP contribution in [-0.4, -0.2) is 9.97 Å². The average molecular weight is 206 g/mol. The fourth-order valence-electron chi connectivity index (χ4n) is 1.25. The van der Waals surface area contributed by atoms with E-state index in [0.717, 1.165) is 11.1 Å². The van der Waals surface area contributed by atoms with E-state index < -0.39 is 0 Å². The van der Waals surface area contributed by atoms with Crippen LogP contribution in [0.5, 0.6) is 0 Å². The maximum atomic E-state index is 5.95. The molecular formula is C10H8ClN3. The summed E-state index contributed by atoms with van der Waals surface area (Å²) in [6.07, 6.45) is 4.97. The highest BCUT2D eigenvalue weighted by atomic mass is 35.5. The molecule has 0 aliphatic rings. The normalized spacial score (nSPS) is 10.1. The summed E-state index contributed by atoms with van der Waals surface area (Å²) >= 11 is 5.95. The van der Waals surface area contributed by atoms with Crippen molar-refractivity contribution in [2.24, 2.45) is 0 Å². The molecule has 0 saturated carbocycles. The summed E-state index contributed by atoms with van der Waals surface area (Å²) in [6, 6.07) is 5.42. The zero-order valence-corrected chi connectivity index (χ0v) is 8.07. The molecule has 0 bridgehead atoms. The molecular weight excluding hydrogens is 198 g/mol. The summed E-state index contributed by atoms with van der Waals surface area (Å²) in [6.45, 7) is 0. The molecule has 0 fully saturated rings. The van der Waals surface area contributed by atoms with Crippen molar-refractivity contribution in [2.45, 2.75) is 0 Å². The first-order valence-corrected chi connectivity index (χ1v) is 4.47. The van der Waals surface area contributed by atoms with Crippen molar-refractivity contribution in [3.63, 3.8) is 0 Å². The van der Waals surface area contributed by atoms with Crippen molar-refractivity contribution in [1.82, 2.24) is 9.97 Å². The van der Waals surface area contributed by atoms with E-state index in [1.54, 1.807) is 24.7 Å². The van der Waals surface area contributed by atoms with Crippen LogP contribution in [0, 0.1) is 0 Å². The lowest BCUT2D eigenvalue weighted by molar-refractivity contribution is 1.30. The number of nitrogens with zero attached hydrogens (tertiary/aromatic N) is 2. The molecule has 2 rings (SSSR count). The van der Waals surface area contributed by atoms with Gasteiger partial charge in [-0.3, -0.25) is 4.98 Å². The Morgan fingerprint density at radius 1 is 1.07 bits per heavy atom. The molecule has 4 heteroatoms. The lowest BCUT2D eigenvalue weighted by Crippen LogP contribution is -1.92. The molecule has 0 aromatic carbocycles. The van der Waals surface area contributed by atoms with Crippen molar-refractivity contribution in [1.29, 1.82) is 0 Å². The van der Waals surface area contributed by atoms with E-state index in [-0.39, 0.29) is 0 Å². The van der Waals surface area contributed by atoms with Gasteiger partial charge in [0.25, 0.3) is 0 Å². The first kappa shape index (κ1) is 8.97. The summed E-state index contributed by atoms with van der Waals surface area (Å²) in [5.41, 5.74) is 8.12. The number of hydrogen-bond donors (Lipinski definition) is 1. The van der Waals surface area contributed by atoms with E-state index in [9.17, 15) is 0 Å². The Morgan fingerprint density at radius 2 is 1.79 bits per heavy atom. The molecule has 3 nitrogen and oxygen atoms in total. The topological polar surface area (TPSA) is 51.8 Å². The van der Waals surface area contributed by atoms with Gasteiger partial charge in [-0.25, -0.2) is 4.98 Å². The van der Waals surface area contributed by atoms with Gasteiger partial charge in [0.1, 0.15) is 5.15 Å². The molecule has 0 spiro atoms. The van der Waals surface area contributed by atoms with E-state index >= 15 is 0 Å². The van der Waals surface area contributed by atoms with Crippen molar-refractivity contribution in [2.75, 3.05) is 5.73 Å². The van der Waals surface area contributed by atoms with Gasteiger partial charge in [-0.05, 0) is 23.8 Å². The Kier molecular flexibility index (Phi) is 2.33. The lowest BCUT2D eigenvalue weighted by atomic mass is 10.1. The monoisotopic (exact) mass is 205 g/mol. The minimum absolute atomic E-state index is 0.413. The van der Waals surface area contributed by atoms with E-state index in [2.05, 4.69) is 9.97 Å². The van der Waals surface area contributed by atoms with Crippen LogP contribution in [-0.2, 0) is 0 Å². The first-order chi connectivity index (χ1) is 6.79. The molecule has 2 aromatic rings. The van der Waals surface area contributed by atoms with Gasteiger partial charge >= 0.3 is 0 Å². The molecule has 2 heterocycles. The summed E-state index contributed by atoms with van der Waals surface area (Å²) in [5.74, 6) is 0. The van der Waals surface area contributed by atoms with Crippen LogP contribution in [0.3, 0.4) is 0 Å². The fourth-order valence-corrected chi connectivity index (χ4v) is 1.53. The Morgan fingerprint density at radius 3 is 2.43 bits per heavy atom. The number of aromatic nitrogens is 2. The van der Waals surface area contributed by atoms with E-state index in [0.29, 0.717) is 10.8 Å². The summed E-state index contributed by atoms with van der Waals surface area (Å²) < 4.78 is 0. The number of halogens is 1. The van der Waals surface area contributed by atoms with Gasteiger partial charge in [0.05, 0.1) is 0 Å². The summed E-state index contributed by atoms with van der Waals surface area (Å²) in [5, 5.41) is 0.413. The molecule has 0 atom stereocenters. The largest absolute Gasteiger partial charge is 0.398 e. The quantitative estimate of drug-likeness (QED) is 0.728. The zero-order chi connectivity index (χ0) is 9.97. The van der Waals surface area contributed by atoms with Gasteiger partial charge in [-0.1, -0.05) is 11.6 Å². The average Bonchev–Trinajstić information content (AvgIpc) is 2.19. The highest BCUT2D eigenvalue weighted by Crippen LogP contribution is 2.30. The lowest BCUT2D eigenvalue weighted by Gasteiger charge is -2.06. The van der Waals surface area contributed by atoms with Crippen LogP contribution in [0.2, 0.25) is 5.15 Å². The molecule has 2 aromatic heterocycles. The van der Waals surface area contributed by atoms with Gasteiger partial charge in [-0.2, -0.15) is 0 Å². The van der Waals surface area contributed by atoms with Crippen molar-refractivity contribution < 1.29 is 0 Å². The van der Waals surface area contributed by atoms with Crippen LogP contribution >= 0.6 is 11.6 Å². The molecule has 14 heavy (non-hydrogen) atoms. The van der Waals surface area contributed by atoms with Gasteiger partial charge in [0.15, 0.2) is 0 Å². The molecule has 0 aliphatic carbocycles. The Bertz CT molecular complexity index is 422. The third kappa shape index (κ3) is 1.54. The molecule has 0 aliphatic heterocycles. The van der Waals surface area contributed by atoms with Crippen molar-refractivity contribution in [3.8, 4) is 11.1 Å². The Hall–Kier alpha value is -1.61. The fraction of sp³-hybridized carbons (Fsp3) is 0. The SMILES string of the molecule is Nc1ccnc(Cl)c1-c1ccncc1. The van der Waals surface area contributed by atoms with Crippen molar-refractivity contribution >= 4 is 17.3 Å². The Labute approximate surface area is 86.6 Å². The second-order valence-corrected chi connectivity index (χ2v) is 3.16. The summed E-state index contributed by atoms with van der Waals surface area (Å²) in [4.78, 5) is 7.91. The predicted octanol–water partition coefficient (Wildman–Crippen LogP) is 2.38. The van der Waals surface area contributed by atoms with E-state index in [1.807, 2.05) is 12.1 Å². The predicted molar refractivity (Wildman–Crippen MR) is 56.9 cm³/mol. The molecule has 0 saturated heterocycles. The Balaban J connectivity index is 2.63. The van der Waals surface area contributed by atoms with Gasteiger partial charge in [-0.15, -0.1) is 0 Å². The maximum Gasteiger partial charge on any atom is 0.138 e. The minimum Gasteiger partial charge on any atom is -0.398 e. The van der Waals surface area contributed by atoms with Crippen LogP contribution in [0.4, 0.5) is 5.69 Å².